The summed E-state index contributed by atoms with van der Waals surface area (Å²) in [6.45, 7) is 3.29. The zero-order chi connectivity index (χ0) is 28.5. The average molecular weight is 576 g/mol. The third-order valence-corrected chi connectivity index (χ3v) is 6.25. The van der Waals surface area contributed by atoms with Gasteiger partial charge in [0.15, 0.2) is 18.1 Å². The number of thioether (sulfide) groups is 1. The molecule has 0 spiro atoms. The van der Waals surface area contributed by atoms with E-state index in [2.05, 4.69) is 5.32 Å². The van der Waals surface area contributed by atoms with Crippen molar-refractivity contribution in [2.24, 2.45) is 5.73 Å². The lowest BCUT2D eigenvalue weighted by Gasteiger charge is -2.13. The molecule has 4 amide bonds. The van der Waals surface area contributed by atoms with E-state index in [1.165, 1.54) is 24.3 Å². The number of carbonyl (C=O) groups excluding carboxylic acids is 5. The number of rotatable bonds is 12. The number of ether oxygens (including phenoxy) is 3. The molecule has 1 fully saturated rings. The second-order valence-corrected chi connectivity index (χ2v) is 9.44. The Morgan fingerprint density at radius 1 is 1.08 bits per heavy atom. The molecular weight excluding hydrogens is 550 g/mol. The Bertz CT molecular complexity index is 1330. The Kier molecular flexibility index (Phi) is 10.4. The number of hydrogen-bond donors (Lipinski definition) is 2. The highest BCUT2D eigenvalue weighted by atomic mass is 35.5. The van der Waals surface area contributed by atoms with Crippen molar-refractivity contribution in [3.8, 4) is 11.5 Å². The maximum absolute atomic E-state index is 12.9. The van der Waals surface area contributed by atoms with E-state index in [1.807, 2.05) is 6.92 Å². The standard InChI is InChI=1S/C26H26ClN3O8S/c1-3-9-37-25(34)17-12-16(6-7-18(17)27)29-23(32)13-30-24(33)21(39-26(30)35)11-15-5-8-19(38-14-22(28)31)20(10-15)36-4-2/h5-8,10-12H,3-4,9,13-14H2,1-2H3,(H2,28,31)(H,29,32)/b21-11-. The molecule has 11 nitrogen and oxygen atoms in total. The Morgan fingerprint density at radius 3 is 2.54 bits per heavy atom. The molecule has 0 aliphatic carbocycles. The van der Waals surface area contributed by atoms with Crippen molar-refractivity contribution in [3.63, 3.8) is 0 Å². The Morgan fingerprint density at radius 2 is 1.85 bits per heavy atom. The largest absolute Gasteiger partial charge is 0.490 e. The van der Waals surface area contributed by atoms with Crippen LogP contribution in [0.5, 0.6) is 11.5 Å². The summed E-state index contributed by atoms with van der Waals surface area (Å²) >= 11 is 6.76. The van der Waals surface area contributed by atoms with E-state index >= 15 is 0 Å². The summed E-state index contributed by atoms with van der Waals surface area (Å²) in [5.74, 6) is -1.96. The summed E-state index contributed by atoms with van der Waals surface area (Å²) in [5, 5.41) is 2.10. The second-order valence-electron chi connectivity index (χ2n) is 8.04. The van der Waals surface area contributed by atoms with Crippen molar-refractivity contribution >= 4 is 64.1 Å². The van der Waals surface area contributed by atoms with Crippen molar-refractivity contribution in [1.29, 1.82) is 0 Å². The predicted octanol–water partition coefficient (Wildman–Crippen LogP) is 3.84. The smallest absolute Gasteiger partial charge is 0.339 e. The Balaban J connectivity index is 1.70. The minimum Gasteiger partial charge on any atom is -0.490 e. The maximum atomic E-state index is 12.9. The number of amides is 4. The normalized spacial score (nSPS) is 13.9. The molecule has 2 aromatic rings. The molecule has 1 aliphatic heterocycles. The third kappa shape index (κ3) is 7.98. The van der Waals surface area contributed by atoms with Crippen LogP contribution in [-0.4, -0.2) is 60.2 Å². The van der Waals surface area contributed by atoms with E-state index in [4.69, 9.17) is 31.5 Å². The minimum atomic E-state index is -0.650. The van der Waals surface area contributed by atoms with Gasteiger partial charge in [-0.25, -0.2) is 4.79 Å². The highest BCUT2D eigenvalue weighted by Crippen LogP contribution is 2.34. The van der Waals surface area contributed by atoms with Crippen molar-refractivity contribution in [3.05, 3.63) is 57.5 Å². The van der Waals surface area contributed by atoms with Gasteiger partial charge in [0.1, 0.15) is 6.54 Å². The van der Waals surface area contributed by atoms with Crippen LogP contribution in [0, 0.1) is 0 Å². The fourth-order valence-electron chi connectivity index (χ4n) is 3.31. The number of carbonyl (C=O) groups is 5. The molecule has 3 N–H and O–H groups in total. The molecule has 13 heteroatoms. The number of benzene rings is 2. The summed E-state index contributed by atoms with van der Waals surface area (Å²) in [6.07, 6.45) is 2.12. The zero-order valence-corrected chi connectivity index (χ0v) is 22.7. The lowest BCUT2D eigenvalue weighted by molar-refractivity contribution is -0.127. The van der Waals surface area contributed by atoms with E-state index in [9.17, 15) is 24.0 Å². The number of nitrogens with one attached hydrogen (secondary N) is 1. The van der Waals surface area contributed by atoms with Gasteiger partial charge in [0.25, 0.3) is 17.1 Å². The first-order valence-corrected chi connectivity index (χ1v) is 13.0. The second kappa shape index (κ2) is 13.7. The fraction of sp³-hybridized carbons (Fsp3) is 0.269. The van der Waals surface area contributed by atoms with Crippen molar-refractivity contribution in [2.75, 3.05) is 31.7 Å². The number of hydrogen-bond acceptors (Lipinski definition) is 9. The SMILES string of the molecule is CCCOC(=O)c1cc(NC(=O)CN2C(=O)S/C(=C\c3ccc(OCC(N)=O)c(OCC)c3)C2=O)ccc1Cl. The molecule has 0 bridgehead atoms. The summed E-state index contributed by atoms with van der Waals surface area (Å²) in [4.78, 5) is 62.2. The first-order chi connectivity index (χ1) is 18.6. The zero-order valence-electron chi connectivity index (χ0n) is 21.2. The molecule has 0 unspecified atom stereocenters. The lowest BCUT2D eigenvalue weighted by Crippen LogP contribution is -2.36. The van der Waals surface area contributed by atoms with Gasteiger partial charge in [-0.1, -0.05) is 24.6 Å². The number of nitrogens with zero attached hydrogens (tertiary/aromatic N) is 1. The monoisotopic (exact) mass is 575 g/mol. The van der Waals surface area contributed by atoms with Crippen LogP contribution in [0.4, 0.5) is 10.5 Å². The maximum Gasteiger partial charge on any atom is 0.339 e. The van der Waals surface area contributed by atoms with Crippen LogP contribution < -0.4 is 20.5 Å². The highest BCUT2D eigenvalue weighted by Gasteiger charge is 2.36. The van der Waals surface area contributed by atoms with Crippen LogP contribution in [0.2, 0.25) is 5.02 Å². The molecule has 206 valence electrons. The van der Waals surface area contributed by atoms with Gasteiger partial charge in [-0.3, -0.25) is 24.1 Å². The van der Waals surface area contributed by atoms with Gasteiger partial charge in [0.2, 0.25) is 5.91 Å². The Hall–Kier alpha value is -4.03. The van der Waals surface area contributed by atoms with Gasteiger partial charge < -0.3 is 25.3 Å². The summed E-state index contributed by atoms with van der Waals surface area (Å²) in [6, 6.07) is 9.03. The topological polar surface area (TPSA) is 154 Å². The predicted molar refractivity (Wildman–Crippen MR) is 146 cm³/mol. The van der Waals surface area contributed by atoms with Crippen LogP contribution in [0.15, 0.2) is 41.3 Å². The molecular formula is C26H26ClN3O8S. The molecule has 0 atom stereocenters. The van der Waals surface area contributed by atoms with Gasteiger partial charge in [-0.15, -0.1) is 0 Å². The average Bonchev–Trinajstić information content (AvgIpc) is 3.15. The van der Waals surface area contributed by atoms with Crippen molar-refractivity contribution in [2.45, 2.75) is 20.3 Å². The van der Waals surface area contributed by atoms with Gasteiger partial charge >= 0.3 is 5.97 Å². The lowest BCUT2D eigenvalue weighted by atomic mass is 10.2. The number of primary amides is 1. The first kappa shape index (κ1) is 29.5. The summed E-state index contributed by atoms with van der Waals surface area (Å²) in [5.41, 5.74) is 5.98. The summed E-state index contributed by atoms with van der Waals surface area (Å²) < 4.78 is 16.0. The van der Waals surface area contributed by atoms with Gasteiger partial charge in [0, 0.05) is 5.69 Å². The highest BCUT2D eigenvalue weighted by molar-refractivity contribution is 8.18. The number of anilines is 1. The van der Waals surface area contributed by atoms with Crippen LogP contribution in [0.25, 0.3) is 6.08 Å². The molecule has 1 saturated heterocycles. The van der Waals surface area contributed by atoms with E-state index in [0.29, 0.717) is 41.9 Å². The third-order valence-electron chi connectivity index (χ3n) is 5.02. The van der Waals surface area contributed by atoms with Crippen LogP contribution in [0.3, 0.4) is 0 Å². The fourth-order valence-corrected chi connectivity index (χ4v) is 4.35. The van der Waals surface area contributed by atoms with E-state index in [0.717, 1.165) is 4.90 Å². The van der Waals surface area contributed by atoms with E-state index in [1.54, 1.807) is 25.1 Å². The molecule has 1 aliphatic rings. The van der Waals surface area contributed by atoms with Crippen LogP contribution in [0.1, 0.15) is 36.2 Å². The van der Waals surface area contributed by atoms with Gasteiger partial charge in [-0.05, 0) is 67.1 Å². The van der Waals surface area contributed by atoms with E-state index < -0.39 is 35.5 Å². The van der Waals surface area contributed by atoms with Crippen molar-refractivity contribution < 1.29 is 38.2 Å². The number of nitrogens with two attached hydrogens (primary N) is 1. The van der Waals surface area contributed by atoms with Crippen LogP contribution >= 0.6 is 23.4 Å². The first-order valence-electron chi connectivity index (χ1n) is 11.8. The molecule has 0 radical (unpaired) electrons. The Labute approximate surface area is 233 Å². The molecule has 0 aromatic heterocycles. The van der Waals surface area contributed by atoms with E-state index in [-0.39, 0.29) is 34.4 Å². The number of esters is 1. The quantitative estimate of drug-likeness (QED) is 0.283. The molecule has 0 saturated carbocycles. The van der Waals surface area contributed by atoms with Crippen molar-refractivity contribution in [1.82, 2.24) is 4.90 Å². The van der Waals surface area contributed by atoms with Crippen LogP contribution in [-0.2, 0) is 19.1 Å². The molecule has 1 heterocycles. The van der Waals surface area contributed by atoms with Gasteiger partial charge in [0.05, 0.1) is 28.7 Å². The minimum absolute atomic E-state index is 0.0782. The summed E-state index contributed by atoms with van der Waals surface area (Å²) in [7, 11) is 0. The number of halogens is 1. The molecule has 39 heavy (non-hydrogen) atoms. The molecule has 3 rings (SSSR count). The molecule has 2 aromatic carbocycles. The van der Waals surface area contributed by atoms with Gasteiger partial charge in [-0.2, -0.15) is 0 Å². The number of imide groups is 1.